The standard InChI is InChI=1S/C25H26N4O3/c1-2-32-23-12-6-4-10-20(23)28-25(31)24(30)27-17-22(19-9-7-14-26-16-19)29-15-13-18-8-3-5-11-21(18)29/h3-12,14,16,22H,2,13,15,17H2,1H3,(H,27,30)(H,28,31)/t22-/m0/s1. The average Bonchev–Trinajstić information content (AvgIpc) is 3.25. The quantitative estimate of drug-likeness (QED) is 0.562. The molecule has 0 saturated carbocycles. The minimum atomic E-state index is -0.732. The number of pyridine rings is 1. The van der Waals surface area contributed by atoms with Crippen molar-refractivity contribution in [1.82, 2.24) is 10.3 Å². The Hall–Kier alpha value is -3.87. The van der Waals surface area contributed by atoms with E-state index in [1.165, 1.54) is 5.56 Å². The van der Waals surface area contributed by atoms with E-state index in [1.54, 1.807) is 30.6 Å². The first kappa shape index (κ1) is 21.4. The Bertz CT molecular complexity index is 1090. The Labute approximate surface area is 187 Å². The maximum Gasteiger partial charge on any atom is 0.313 e. The highest BCUT2D eigenvalue weighted by atomic mass is 16.5. The monoisotopic (exact) mass is 430 g/mol. The van der Waals surface area contributed by atoms with Gasteiger partial charge in [0.05, 0.1) is 18.3 Å². The number of carbonyl (C=O) groups is 2. The van der Waals surface area contributed by atoms with Crippen molar-refractivity contribution in [2.45, 2.75) is 19.4 Å². The zero-order valence-corrected chi connectivity index (χ0v) is 18.0. The lowest BCUT2D eigenvalue weighted by atomic mass is 10.1. The second-order valence-electron chi connectivity index (χ2n) is 7.47. The summed E-state index contributed by atoms with van der Waals surface area (Å²) in [6, 6.07) is 19.0. The zero-order valence-electron chi connectivity index (χ0n) is 18.0. The van der Waals surface area contributed by atoms with Gasteiger partial charge in [-0.15, -0.1) is 0 Å². The summed E-state index contributed by atoms with van der Waals surface area (Å²) < 4.78 is 5.51. The molecule has 1 aliphatic rings. The lowest BCUT2D eigenvalue weighted by Gasteiger charge is -2.30. The van der Waals surface area contributed by atoms with E-state index in [9.17, 15) is 9.59 Å². The van der Waals surface area contributed by atoms with Crippen molar-refractivity contribution < 1.29 is 14.3 Å². The van der Waals surface area contributed by atoms with Crippen LogP contribution < -0.4 is 20.3 Å². The number of aromatic nitrogens is 1. The highest BCUT2D eigenvalue weighted by molar-refractivity contribution is 6.39. The molecule has 0 bridgehead atoms. The van der Waals surface area contributed by atoms with Gasteiger partial charge in [-0.05, 0) is 48.7 Å². The number of carbonyl (C=O) groups excluding carboxylic acids is 2. The lowest BCUT2D eigenvalue weighted by Crippen LogP contribution is -2.41. The maximum atomic E-state index is 12.6. The minimum absolute atomic E-state index is 0.139. The highest BCUT2D eigenvalue weighted by Crippen LogP contribution is 2.34. The molecule has 0 spiro atoms. The van der Waals surface area contributed by atoms with Crippen molar-refractivity contribution >= 4 is 23.2 Å². The molecule has 0 fully saturated rings. The number of benzene rings is 2. The van der Waals surface area contributed by atoms with Crippen molar-refractivity contribution in [2.75, 3.05) is 29.9 Å². The van der Waals surface area contributed by atoms with Gasteiger partial charge in [-0.3, -0.25) is 14.6 Å². The maximum absolute atomic E-state index is 12.6. The Morgan fingerprint density at radius 1 is 1.06 bits per heavy atom. The van der Waals surface area contributed by atoms with Crippen molar-refractivity contribution in [1.29, 1.82) is 0 Å². The molecule has 0 saturated heterocycles. The number of amides is 2. The van der Waals surface area contributed by atoms with Crippen LogP contribution in [0.25, 0.3) is 0 Å². The Morgan fingerprint density at radius 2 is 1.88 bits per heavy atom. The topological polar surface area (TPSA) is 83.6 Å². The number of ether oxygens (including phenoxy) is 1. The van der Waals surface area contributed by atoms with Crippen LogP contribution in [0.5, 0.6) is 5.75 Å². The van der Waals surface area contributed by atoms with Gasteiger partial charge in [-0.1, -0.05) is 36.4 Å². The van der Waals surface area contributed by atoms with Crippen LogP contribution in [0.2, 0.25) is 0 Å². The van der Waals surface area contributed by atoms with Gasteiger partial charge in [-0.25, -0.2) is 0 Å². The van der Waals surface area contributed by atoms with Crippen LogP contribution in [-0.4, -0.2) is 36.5 Å². The summed E-state index contributed by atoms with van der Waals surface area (Å²) in [5.41, 5.74) is 3.86. The van der Waals surface area contributed by atoms with Gasteiger partial charge >= 0.3 is 11.8 Å². The summed E-state index contributed by atoms with van der Waals surface area (Å²) in [6.45, 7) is 3.44. The second-order valence-corrected chi connectivity index (χ2v) is 7.47. The van der Waals surface area contributed by atoms with E-state index >= 15 is 0 Å². The first-order chi connectivity index (χ1) is 15.7. The van der Waals surface area contributed by atoms with Crippen molar-refractivity contribution in [3.05, 3.63) is 84.2 Å². The number of rotatable bonds is 7. The number of fused-ring (bicyclic) bond motifs is 1. The van der Waals surface area contributed by atoms with Crippen LogP contribution in [-0.2, 0) is 16.0 Å². The van der Waals surface area contributed by atoms with E-state index in [0.717, 1.165) is 24.2 Å². The molecule has 0 unspecified atom stereocenters. The molecular formula is C25H26N4O3. The van der Waals surface area contributed by atoms with E-state index < -0.39 is 11.8 Å². The fourth-order valence-electron chi connectivity index (χ4n) is 3.97. The SMILES string of the molecule is CCOc1ccccc1NC(=O)C(=O)NC[C@@H](c1cccnc1)N1CCc2ccccc21. The van der Waals surface area contributed by atoms with E-state index in [0.29, 0.717) is 18.0 Å². The van der Waals surface area contributed by atoms with E-state index in [-0.39, 0.29) is 12.6 Å². The number of nitrogens with zero attached hydrogens (tertiary/aromatic N) is 2. The van der Waals surface area contributed by atoms with Gasteiger partial charge in [0.15, 0.2) is 0 Å². The van der Waals surface area contributed by atoms with Gasteiger partial charge in [-0.2, -0.15) is 0 Å². The number of nitrogens with one attached hydrogen (secondary N) is 2. The van der Waals surface area contributed by atoms with E-state index in [4.69, 9.17) is 4.74 Å². The summed E-state index contributed by atoms with van der Waals surface area (Å²) in [5.74, 6) is -0.903. The van der Waals surface area contributed by atoms with Crippen molar-refractivity contribution in [2.24, 2.45) is 0 Å². The highest BCUT2D eigenvalue weighted by Gasteiger charge is 2.28. The molecule has 164 valence electrons. The van der Waals surface area contributed by atoms with Gasteiger partial charge in [0.2, 0.25) is 0 Å². The molecule has 2 amide bonds. The van der Waals surface area contributed by atoms with E-state index in [1.807, 2.05) is 37.3 Å². The first-order valence-corrected chi connectivity index (χ1v) is 10.7. The lowest BCUT2D eigenvalue weighted by molar-refractivity contribution is -0.136. The molecule has 1 aliphatic heterocycles. The number of hydrogen-bond acceptors (Lipinski definition) is 5. The molecule has 7 heteroatoms. The molecule has 0 aliphatic carbocycles. The van der Waals surface area contributed by atoms with Gasteiger partial charge in [0.1, 0.15) is 5.75 Å². The number of hydrogen-bond donors (Lipinski definition) is 2. The van der Waals surface area contributed by atoms with Crippen molar-refractivity contribution in [3.63, 3.8) is 0 Å². The molecule has 1 atom stereocenters. The predicted octanol–water partition coefficient (Wildman–Crippen LogP) is 3.34. The van der Waals surface area contributed by atoms with Gasteiger partial charge in [0.25, 0.3) is 0 Å². The Balaban J connectivity index is 1.47. The molecule has 2 heterocycles. The Morgan fingerprint density at radius 3 is 2.69 bits per heavy atom. The first-order valence-electron chi connectivity index (χ1n) is 10.7. The van der Waals surface area contributed by atoms with Crippen molar-refractivity contribution in [3.8, 4) is 5.75 Å². The summed E-state index contributed by atoms with van der Waals surface area (Å²) in [7, 11) is 0. The minimum Gasteiger partial charge on any atom is -0.492 e. The molecule has 1 aromatic heterocycles. The molecule has 0 radical (unpaired) electrons. The third kappa shape index (κ3) is 4.72. The van der Waals surface area contributed by atoms with E-state index in [2.05, 4.69) is 32.7 Å². The number of anilines is 2. The van der Waals surface area contributed by atoms with Crippen LogP contribution >= 0.6 is 0 Å². The van der Waals surface area contributed by atoms with Crippen LogP contribution in [0.3, 0.4) is 0 Å². The molecule has 2 aromatic carbocycles. The van der Waals surface area contributed by atoms with Crippen LogP contribution in [0, 0.1) is 0 Å². The average molecular weight is 431 g/mol. The number of para-hydroxylation sites is 3. The second kappa shape index (κ2) is 9.96. The predicted molar refractivity (Wildman–Crippen MR) is 124 cm³/mol. The van der Waals surface area contributed by atoms with Crippen LogP contribution in [0.15, 0.2) is 73.1 Å². The van der Waals surface area contributed by atoms with Gasteiger partial charge < -0.3 is 20.3 Å². The molecule has 4 rings (SSSR count). The summed E-state index contributed by atoms with van der Waals surface area (Å²) in [4.78, 5) is 31.7. The third-order valence-electron chi connectivity index (χ3n) is 5.47. The fourth-order valence-corrected chi connectivity index (χ4v) is 3.97. The Kier molecular flexibility index (Phi) is 6.65. The molecular weight excluding hydrogens is 404 g/mol. The molecule has 7 nitrogen and oxygen atoms in total. The summed E-state index contributed by atoms with van der Waals surface area (Å²) in [5, 5.41) is 5.44. The van der Waals surface area contributed by atoms with Crippen LogP contribution in [0.4, 0.5) is 11.4 Å². The smallest absolute Gasteiger partial charge is 0.313 e. The van der Waals surface area contributed by atoms with Crippen LogP contribution in [0.1, 0.15) is 24.1 Å². The largest absolute Gasteiger partial charge is 0.492 e. The fraction of sp³-hybridized carbons (Fsp3) is 0.240. The molecule has 3 aromatic rings. The zero-order chi connectivity index (χ0) is 22.3. The van der Waals surface area contributed by atoms with Gasteiger partial charge in [0, 0.05) is 31.2 Å². The third-order valence-corrected chi connectivity index (χ3v) is 5.47. The normalized spacial score (nSPS) is 13.2. The molecule has 2 N–H and O–H groups in total. The molecule has 32 heavy (non-hydrogen) atoms. The summed E-state index contributed by atoms with van der Waals surface area (Å²) in [6.07, 6.45) is 4.46. The summed E-state index contributed by atoms with van der Waals surface area (Å²) >= 11 is 0.